The minimum atomic E-state index is -3.63. The van der Waals surface area contributed by atoms with Gasteiger partial charge in [0.15, 0.2) is 0 Å². The Balaban J connectivity index is 1.08. The summed E-state index contributed by atoms with van der Waals surface area (Å²) in [4.78, 5) is 2.49. The second kappa shape index (κ2) is 14.5. The summed E-state index contributed by atoms with van der Waals surface area (Å²) < 4.78 is 66.6. The van der Waals surface area contributed by atoms with E-state index in [9.17, 15) is 21.9 Å². The molecule has 3 N–H and O–H groups in total. The third-order valence-electron chi connectivity index (χ3n) is 8.59. The molecule has 2 aliphatic heterocycles. The maximum absolute atomic E-state index is 13.5. The van der Waals surface area contributed by atoms with Crippen LogP contribution >= 0.6 is 0 Å². The van der Waals surface area contributed by atoms with Crippen LogP contribution in [-0.2, 0) is 31.3 Å². The molecule has 0 aromatic heterocycles. The number of nitrogens with zero attached hydrogens (tertiary/aromatic N) is 2. The number of hydrogen-bond donors (Lipinski definition) is 3. The third kappa shape index (κ3) is 8.33. The number of ether oxygens (including phenoxy) is 2. The Morgan fingerprint density at radius 3 is 2.26 bits per heavy atom. The van der Waals surface area contributed by atoms with E-state index in [-0.39, 0.29) is 29.0 Å². The zero-order chi connectivity index (χ0) is 33.0. The van der Waals surface area contributed by atoms with Gasteiger partial charge < -0.3 is 24.8 Å². The van der Waals surface area contributed by atoms with Gasteiger partial charge in [0.05, 0.1) is 22.0 Å². The van der Waals surface area contributed by atoms with Crippen molar-refractivity contribution >= 4 is 20.0 Å². The van der Waals surface area contributed by atoms with Gasteiger partial charge in [0.1, 0.15) is 18.5 Å². The van der Waals surface area contributed by atoms with Crippen molar-refractivity contribution in [3.63, 3.8) is 0 Å². The summed E-state index contributed by atoms with van der Waals surface area (Å²) in [5.41, 5.74) is 2.83. The number of benzene rings is 3. The molecule has 250 valence electrons. The zero-order valence-corrected chi connectivity index (χ0v) is 28.2. The molecule has 13 heteroatoms. The van der Waals surface area contributed by atoms with Crippen LogP contribution in [0.25, 0.3) is 11.1 Å². The fourth-order valence-corrected chi connectivity index (χ4v) is 8.20. The van der Waals surface area contributed by atoms with Crippen molar-refractivity contribution in [1.82, 2.24) is 19.2 Å². The van der Waals surface area contributed by atoms with Crippen LogP contribution in [0.3, 0.4) is 0 Å². The van der Waals surface area contributed by atoms with Gasteiger partial charge in [-0.25, -0.2) is 21.6 Å². The molecule has 0 amide bonds. The minimum absolute atomic E-state index is 0.00831. The Morgan fingerprint density at radius 2 is 1.63 bits per heavy atom. The van der Waals surface area contributed by atoms with E-state index >= 15 is 0 Å². The fourth-order valence-electron chi connectivity index (χ4n) is 6.00. The van der Waals surface area contributed by atoms with E-state index in [1.54, 1.807) is 28.6 Å². The number of rotatable bonds is 13. The molecule has 1 spiro atoms. The number of sulfonamides is 2. The highest BCUT2D eigenvalue weighted by atomic mass is 32.2. The minimum Gasteiger partial charge on any atom is -0.491 e. The van der Waals surface area contributed by atoms with Crippen molar-refractivity contribution in [1.29, 1.82) is 0 Å². The van der Waals surface area contributed by atoms with E-state index in [1.807, 2.05) is 26.2 Å². The Hall–Kier alpha value is -2.88. The summed E-state index contributed by atoms with van der Waals surface area (Å²) in [6.07, 6.45) is 1.10. The van der Waals surface area contributed by atoms with Crippen molar-refractivity contribution in [2.45, 2.75) is 53.3 Å². The predicted octanol–water partition coefficient (Wildman–Crippen LogP) is 2.67. The normalized spacial score (nSPS) is 19.5. The smallest absolute Gasteiger partial charge is 0.243 e. The summed E-state index contributed by atoms with van der Waals surface area (Å²) in [6, 6.07) is 21.5. The lowest BCUT2D eigenvalue weighted by atomic mass is 9.88. The van der Waals surface area contributed by atoms with Gasteiger partial charge in [-0.3, -0.25) is 0 Å². The molecule has 46 heavy (non-hydrogen) atoms. The van der Waals surface area contributed by atoms with Crippen molar-refractivity contribution in [3.8, 4) is 16.9 Å². The van der Waals surface area contributed by atoms with Crippen LogP contribution in [0.2, 0.25) is 0 Å². The van der Waals surface area contributed by atoms with E-state index in [2.05, 4.69) is 39.2 Å². The summed E-state index contributed by atoms with van der Waals surface area (Å²) in [5, 5.41) is 13.8. The van der Waals surface area contributed by atoms with Crippen LogP contribution < -0.4 is 14.8 Å². The molecule has 2 heterocycles. The first-order valence-corrected chi connectivity index (χ1v) is 18.4. The van der Waals surface area contributed by atoms with Crippen LogP contribution in [0.1, 0.15) is 24.8 Å². The highest BCUT2D eigenvalue weighted by Gasteiger charge is 2.44. The first kappa shape index (κ1) is 34.5. The largest absolute Gasteiger partial charge is 0.491 e. The maximum atomic E-state index is 13.5. The monoisotopic (exact) mass is 672 g/mol. The second-order valence-corrected chi connectivity index (χ2v) is 16.1. The van der Waals surface area contributed by atoms with Crippen LogP contribution in [0.4, 0.5) is 0 Å². The quantitative estimate of drug-likeness (QED) is 0.250. The number of piperidine rings is 1. The Morgan fingerprint density at radius 1 is 0.978 bits per heavy atom. The van der Waals surface area contributed by atoms with Gasteiger partial charge in [0.25, 0.3) is 0 Å². The number of hydrogen-bond acceptors (Lipinski definition) is 9. The third-order valence-corrected chi connectivity index (χ3v) is 11.9. The second-order valence-electron chi connectivity index (χ2n) is 12.3. The van der Waals surface area contributed by atoms with Gasteiger partial charge in [0.2, 0.25) is 20.0 Å². The fraction of sp³-hybridized carbons (Fsp3) is 0.455. The van der Waals surface area contributed by atoms with Crippen molar-refractivity contribution in [3.05, 3.63) is 78.4 Å². The van der Waals surface area contributed by atoms with Gasteiger partial charge in [-0.1, -0.05) is 42.5 Å². The molecule has 2 fully saturated rings. The van der Waals surface area contributed by atoms with Crippen molar-refractivity contribution < 1.29 is 31.4 Å². The first-order valence-electron chi connectivity index (χ1n) is 15.5. The van der Waals surface area contributed by atoms with Crippen molar-refractivity contribution in [2.24, 2.45) is 0 Å². The predicted molar refractivity (Wildman–Crippen MR) is 177 cm³/mol. The van der Waals surface area contributed by atoms with Gasteiger partial charge in [-0.2, -0.15) is 4.31 Å². The average molecular weight is 673 g/mol. The molecule has 0 saturated carbocycles. The number of aliphatic hydroxyl groups excluding tert-OH is 1. The van der Waals surface area contributed by atoms with Crippen LogP contribution in [0.15, 0.2) is 82.6 Å². The molecule has 2 saturated heterocycles. The molecule has 3 aromatic carbocycles. The number of nitrogens with one attached hydrogen (secondary N) is 2. The standard InChI is InChI=1S/C33H44N4O7S2/c1-34-45(39,40)32-6-4-5-30(19-32)43-24-29(38)21-35-28-20-33(44-23-28)15-17-37(18-16-33)46(41,42)31-13-11-27(12-14-31)26-9-7-25(8-10-26)22-36(2)3/h4-14,19,28-29,34-35,38H,15-18,20-24H2,1-3H3. The zero-order valence-electron chi connectivity index (χ0n) is 26.6. The van der Waals surface area contributed by atoms with Gasteiger partial charge in [0, 0.05) is 38.3 Å². The summed E-state index contributed by atoms with van der Waals surface area (Å²) >= 11 is 0. The Kier molecular flexibility index (Phi) is 10.8. The van der Waals surface area contributed by atoms with Gasteiger partial charge >= 0.3 is 0 Å². The van der Waals surface area contributed by atoms with E-state index in [1.165, 1.54) is 24.7 Å². The molecule has 0 bridgehead atoms. The maximum Gasteiger partial charge on any atom is 0.243 e. The van der Waals surface area contributed by atoms with Crippen LogP contribution in [-0.4, -0.2) is 103 Å². The molecule has 0 radical (unpaired) electrons. The van der Waals surface area contributed by atoms with Gasteiger partial charge in [-0.05, 0) is 81.4 Å². The van der Waals surface area contributed by atoms with Crippen LogP contribution in [0.5, 0.6) is 5.75 Å². The summed E-state index contributed by atoms with van der Waals surface area (Å²) in [7, 11) is -1.82. The lowest BCUT2D eigenvalue weighted by molar-refractivity contribution is -0.0312. The molecule has 2 atom stereocenters. The Labute approximate surface area is 272 Å². The molecule has 2 aliphatic rings. The van der Waals surface area contributed by atoms with E-state index < -0.39 is 31.8 Å². The Bertz CT molecular complexity index is 1670. The molecule has 2 unspecified atom stereocenters. The number of aliphatic hydroxyl groups is 1. The van der Waals surface area contributed by atoms with Crippen LogP contribution in [0, 0.1) is 0 Å². The summed E-state index contributed by atoms with van der Waals surface area (Å²) in [5.74, 6) is 0.349. The highest BCUT2D eigenvalue weighted by molar-refractivity contribution is 7.89. The highest BCUT2D eigenvalue weighted by Crippen LogP contribution is 2.37. The van der Waals surface area contributed by atoms with Gasteiger partial charge in [-0.15, -0.1) is 0 Å². The molecule has 0 aliphatic carbocycles. The molecule has 5 rings (SSSR count). The lowest BCUT2D eigenvalue weighted by Gasteiger charge is -2.38. The average Bonchev–Trinajstić information content (AvgIpc) is 3.45. The molecular weight excluding hydrogens is 629 g/mol. The summed E-state index contributed by atoms with van der Waals surface area (Å²) in [6.45, 7) is 2.36. The topological polar surface area (TPSA) is 138 Å². The van der Waals surface area contributed by atoms with E-state index in [0.29, 0.717) is 38.3 Å². The van der Waals surface area contributed by atoms with E-state index in [0.717, 1.165) is 24.1 Å². The van der Waals surface area contributed by atoms with E-state index in [4.69, 9.17) is 9.47 Å². The molecule has 3 aromatic rings. The molecular formula is C33H44N4O7S2. The SMILES string of the molecule is CNS(=O)(=O)c1cccc(OCC(O)CNC2COC3(CCN(S(=O)(=O)c4ccc(-c5ccc(CN(C)C)cc5)cc4)CC3)C2)c1. The lowest BCUT2D eigenvalue weighted by Crippen LogP contribution is -2.47. The van der Waals surface area contributed by atoms with Crippen molar-refractivity contribution in [2.75, 3.05) is 54.0 Å². The molecule has 11 nitrogen and oxygen atoms in total. The first-order chi connectivity index (χ1) is 21.9.